The van der Waals surface area contributed by atoms with Crippen molar-refractivity contribution in [2.45, 2.75) is 32.6 Å². The van der Waals surface area contributed by atoms with Gasteiger partial charge in [-0.2, -0.15) is 5.10 Å². The molecule has 0 saturated carbocycles. The predicted molar refractivity (Wildman–Crippen MR) is 113 cm³/mol. The fourth-order valence-electron chi connectivity index (χ4n) is 3.49. The topological polar surface area (TPSA) is 69.4 Å². The fraction of sp³-hybridized carbons (Fsp3) is 0.474. The Labute approximate surface area is 171 Å². The van der Waals surface area contributed by atoms with Crippen LogP contribution < -0.4 is 4.74 Å². The van der Waals surface area contributed by atoms with E-state index in [0.29, 0.717) is 24.4 Å². The zero-order chi connectivity index (χ0) is 20.3. The molecule has 0 aliphatic carbocycles. The molecule has 0 unspecified atom stereocenters. The third kappa shape index (κ3) is 4.37. The van der Waals surface area contributed by atoms with Gasteiger partial charge in [-0.1, -0.05) is 13.0 Å². The molecule has 1 aliphatic rings. The molecule has 0 N–H and O–H groups in total. The molecule has 7 nitrogen and oxygen atoms in total. The van der Waals surface area contributed by atoms with Crippen LogP contribution in [0.15, 0.2) is 36.9 Å². The number of nitrogens with zero attached hydrogens (tertiary/aromatic N) is 4. The predicted octanol–water partition coefficient (Wildman–Crippen LogP) is 2.74. The monoisotopic (exact) mass is 422 g/mol. The first-order valence-electron chi connectivity index (χ1n) is 9.26. The van der Waals surface area contributed by atoms with Gasteiger partial charge < -0.3 is 4.74 Å². The first-order valence-corrected chi connectivity index (χ1v) is 11.5. The molecule has 0 bridgehead atoms. The van der Waals surface area contributed by atoms with E-state index >= 15 is 0 Å². The first kappa shape index (κ1) is 20.8. The van der Waals surface area contributed by atoms with Gasteiger partial charge in [-0.3, -0.25) is 9.47 Å². The minimum absolute atomic E-state index is 0.00545. The molecule has 2 aromatic rings. The summed E-state index contributed by atoms with van der Waals surface area (Å²) in [6.45, 7) is 7.59. The molecule has 1 aromatic heterocycles. The Kier molecular flexibility index (Phi) is 6.36. The summed E-state index contributed by atoms with van der Waals surface area (Å²) in [5, 5.41) is 4.75. The smallest absolute Gasteiger partial charge is 0.199 e. The fourth-order valence-corrected chi connectivity index (χ4v) is 5.51. The maximum Gasteiger partial charge on any atom is 0.199 e. The Morgan fingerprint density at radius 1 is 1.39 bits per heavy atom. The van der Waals surface area contributed by atoms with Crippen molar-refractivity contribution in [2.24, 2.45) is 0 Å². The van der Waals surface area contributed by atoms with Crippen molar-refractivity contribution < 1.29 is 13.2 Å². The molecule has 0 radical (unpaired) electrons. The van der Waals surface area contributed by atoms with E-state index in [1.807, 2.05) is 35.8 Å². The zero-order valence-electron chi connectivity index (χ0n) is 16.2. The van der Waals surface area contributed by atoms with Crippen molar-refractivity contribution in [3.05, 3.63) is 41.7 Å². The molecule has 1 aliphatic heterocycles. The summed E-state index contributed by atoms with van der Waals surface area (Å²) < 4.78 is 33.3. The molecule has 152 valence electrons. The molecule has 1 atom stereocenters. The van der Waals surface area contributed by atoms with E-state index in [9.17, 15) is 8.42 Å². The number of methoxy groups -OCH3 is 1. The number of ether oxygens (including phenoxy) is 1. The minimum Gasteiger partial charge on any atom is -0.497 e. The average Bonchev–Trinajstić information content (AvgIpc) is 3.20. The van der Waals surface area contributed by atoms with Gasteiger partial charge in [0.05, 0.1) is 25.3 Å². The number of sulfone groups is 1. The third-order valence-corrected chi connectivity index (χ3v) is 7.21. The van der Waals surface area contributed by atoms with Crippen molar-refractivity contribution in [1.82, 2.24) is 19.2 Å². The molecule has 0 spiro atoms. The maximum absolute atomic E-state index is 11.9. The molecule has 2 heterocycles. The summed E-state index contributed by atoms with van der Waals surface area (Å²) in [4.78, 5) is 2.13. The lowest BCUT2D eigenvalue weighted by Gasteiger charge is -2.26. The van der Waals surface area contributed by atoms with Gasteiger partial charge in [-0.25, -0.2) is 13.1 Å². The molecule has 28 heavy (non-hydrogen) atoms. The lowest BCUT2D eigenvalue weighted by molar-refractivity contribution is 0.164. The highest BCUT2D eigenvalue weighted by Gasteiger charge is 2.32. The standard InChI is InChI=1S/C19H26N4O3S2/c1-4-11-22-18(15-6-8-17(26-3)9-7-15)20-23(19(22)27)14-21(5-2)16-10-12-28(24,25)13-16/h4,6-9,16H,1,5,10-14H2,2-3H3/t16-/m0/s1. The molecule has 9 heteroatoms. The first-order chi connectivity index (χ1) is 13.4. The van der Waals surface area contributed by atoms with Crippen molar-refractivity contribution in [2.75, 3.05) is 25.2 Å². The second-order valence-electron chi connectivity index (χ2n) is 6.84. The van der Waals surface area contributed by atoms with Crippen LogP contribution in [-0.2, 0) is 23.1 Å². The molecule has 1 saturated heterocycles. The molecular formula is C19H26N4O3S2. The van der Waals surface area contributed by atoms with Crippen molar-refractivity contribution in [3.63, 3.8) is 0 Å². The zero-order valence-corrected chi connectivity index (χ0v) is 17.9. The van der Waals surface area contributed by atoms with Gasteiger partial charge in [0.1, 0.15) is 5.75 Å². The normalized spacial score (nSPS) is 18.5. The summed E-state index contributed by atoms with van der Waals surface area (Å²) in [7, 11) is -1.31. The van der Waals surface area contributed by atoms with Crippen LogP contribution in [-0.4, -0.2) is 58.9 Å². The van der Waals surface area contributed by atoms with Gasteiger partial charge in [-0.05, 0) is 49.4 Å². The SMILES string of the molecule is C=CCn1c(-c2ccc(OC)cc2)nn(CN(CC)[C@H]2CCS(=O)(=O)C2)c1=S. The Balaban J connectivity index is 1.92. The molecule has 0 amide bonds. The van der Waals surface area contributed by atoms with Crippen LogP contribution >= 0.6 is 12.2 Å². The van der Waals surface area contributed by atoms with Crippen LogP contribution in [0.2, 0.25) is 0 Å². The lowest BCUT2D eigenvalue weighted by atomic mass is 10.2. The number of benzene rings is 1. The summed E-state index contributed by atoms with van der Waals surface area (Å²) in [5.74, 6) is 1.98. The number of allylic oxidation sites excluding steroid dienone is 1. The van der Waals surface area contributed by atoms with E-state index in [-0.39, 0.29) is 17.5 Å². The highest BCUT2D eigenvalue weighted by atomic mass is 32.2. The Morgan fingerprint density at radius 2 is 2.11 bits per heavy atom. The molecule has 3 rings (SSSR count). The van der Waals surface area contributed by atoms with E-state index < -0.39 is 9.84 Å². The largest absolute Gasteiger partial charge is 0.497 e. The minimum atomic E-state index is -2.94. The van der Waals surface area contributed by atoms with Gasteiger partial charge in [0.15, 0.2) is 20.4 Å². The Bertz CT molecular complexity index is 993. The van der Waals surface area contributed by atoms with E-state index in [0.717, 1.165) is 23.7 Å². The second-order valence-corrected chi connectivity index (χ2v) is 9.43. The highest BCUT2D eigenvalue weighted by molar-refractivity contribution is 7.91. The van der Waals surface area contributed by atoms with Crippen LogP contribution in [0, 0.1) is 4.77 Å². The Hall–Kier alpha value is -1.97. The number of hydrogen-bond acceptors (Lipinski definition) is 6. The molecular weight excluding hydrogens is 396 g/mol. The average molecular weight is 423 g/mol. The third-order valence-electron chi connectivity index (χ3n) is 5.03. The van der Waals surface area contributed by atoms with Gasteiger partial charge in [-0.15, -0.1) is 6.58 Å². The molecule has 1 aromatic carbocycles. The van der Waals surface area contributed by atoms with Gasteiger partial charge in [0, 0.05) is 18.2 Å². The summed E-state index contributed by atoms with van der Waals surface area (Å²) in [5.41, 5.74) is 0.930. The summed E-state index contributed by atoms with van der Waals surface area (Å²) >= 11 is 5.66. The Morgan fingerprint density at radius 3 is 2.64 bits per heavy atom. The van der Waals surface area contributed by atoms with Gasteiger partial charge in [0.25, 0.3) is 0 Å². The van der Waals surface area contributed by atoms with Crippen molar-refractivity contribution in [1.29, 1.82) is 0 Å². The number of aromatic nitrogens is 3. The van der Waals surface area contributed by atoms with Crippen molar-refractivity contribution in [3.8, 4) is 17.1 Å². The van der Waals surface area contributed by atoms with E-state index in [1.54, 1.807) is 17.9 Å². The summed E-state index contributed by atoms with van der Waals surface area (Å²) in [6, 6.07) is 7.67. The molecule has 1 fully saturated rings. The van der Waals surface area contributed by atoms with E-state index in [4.69, 9.17) is 22.1 Å². The van der Waals surface area contributed by atoms with Crippen LogP contribution in [0.3, 0.4) is 0 Å². The van der Waals surface area contributed by atoms with Crippen LogP contribution in [0.5, 0.6) is 5.75 Å². The van der Waals surface area contributed by atoms with Crippen molar-refractivity contribution >= 4 is 22.1 Å². The number of rotatable bonds is 8. The van der Waals surface area contributed by atoms with Crippen LogP contribution in [0.1, 0.15) is 13.3 Å². The lowest BCUT2D eigenvalue weighted by Crippen LogP contribution is -2.37. The van der Waals surface area contributed by atoms with E-state index in [2.05, 4.69) is 11.5 Å². The van der Waals surface area contributed by atoms with Crippen LogP contribution in [0.25, 0.3) is 11.4 Å². The quantitative estimate of drug-likeness (QED) is 0.481. The maximum atomic E-state index is 11.9. The number of hydrogen-bond donors (Lipinski definition) is 0. The highest BCUT2D eigenvalue weighted by Crippen LogP contribution is 2.23. The van der Waals surface area contributed by atoms with Crippen LogP contribution in [0.4, 0.5) is 0 Å². The summed E-state index contributed by atoms with van der Waals surface area (Å²) in [6.07, 6.45) is 2.44. The van der Waals surface area contributed by atoms with Gasteiger partial charge >= 0.3 is 0 Å². The second kappa shape index (κ2) is 8.59. The van der Waals surface area contributed by atoms with E-state index in [1.165, 1.54) is 0 Å². The van der Waals surface area contributed by atoms with Gasteiger partial charge in [0.2, 0.25) is 0 Å².